The van der Waals surface area contributed by atoms with Crippen LogP contribution in [0.5, 0.6) is 0 Å². The highest BCUT2D eigenvalue weighted by Crippen LogP contribution is 2.08. The number of rotatable bonds is 5. The number of aliphatic imine (C=N–C) groups is 1. The Labute approximate surface area is 123 Å². The van der Waals surface area contributed by atoms with E-state index in [1.807, 2.05) is 0 Å². The van der Waals surface area contributed by atoms with Crippen LogP contribution in [0.15, 0.2) is 23.2 Å². The van der Waals surface area contributed by atoms with Crippen molar-refractivity contribution in [2.45, 2.75) is 13.0 Å². The molecule has 0 aliphatic heterocycles. The van der Waals surface area contributed by atoms with Crippen molar-refractivity contribution in [2.75, 3.05) is 27.7 Å². The Kier molecular flexibility index (Phi) is 6.58. The monoisotopic (exact) mass is 298 g/mol. The highest BCUT2D eigenvalue weighted by atomic mass is 19.1. The van der Waals surface area contributed by atoms with Gasteiger partial charge in [-0.05, 0) is 18.2 Å². The molecular formula is C14H20F2N4O. The lowest BCUT2D eigenvalue weighted by molar-refractivity contribution is -0.128. The quantitative estimate of drug-likeness (QED) is 0.632. The van der Waals surface area contributed by atoms with Crippen molar-refractivity contribution in [1.82, 2.24) is 15.5 Å². The summed E-state index contributed by atoms with van der Waals surface area (Å²) in [4.78, 5) is 16.9. The average Bonchev–Trinajstić information content (AvgIpc) is 2.45. The van der Waals surface area contributed by atoms with Gasteiger partial charge in [0, 0.05) is 46.2 Å². The normalized spacial score (nSPS) is 11.2. The number of benzene rings is 1. The lowest BCUT2D eigenvalue weighted by Crippen LogP contribution is -2.39. The van der Waals surface area contributed by atoms with Crippen LogP contribution in [-0.2, 0) is 11.3 Å². The van der Waals surface area contributed by atoms with Gasteiger partial charge in [0.2, 0.25) is 5.91 Å². The number of carbonyl (C=O) groups excluding carboxylic acids is 1. The molecule has 2 N–H and O–H groups in total. The van der Waals surface area contributed by atoms with Gasteiger partial charge in [-0.15, -0.1) is 0 Å². The summed E-state index contributed by atoms with van der Waals surface area (Å²) in [5.74, 6) is -0.561. The molecule has 116 valence electrons. The molecule has 0 saturated heterocycles. The lowest BCUT2D eigenvalue weighted by Gasteiger charge is -2.14. The molecule has 0 atom stereocenters. The van der Waals surface area contributed by atoms with Crippen LogP contribution in [-0.4, -0.2) is 44.5 Å². The summed E-state index contributed by atoms with van der Waals surface area (Å²) in [6.45, 7) is 0.507. The second kappa shape index (κ2) is 8.18. The number of carbonyl (C=O) groups is 1. The van der Waals surface area contributed by atoms with Gasteiger partial charge >= 0.3 is 0 Å². The average molecular weight is 298 g/mol. The molecule has 0 radical (unpaired) electrons. The fourth-order valence-corrected chi connectivity index (χ4v) is 1.59. The van der Waals surface area contributed by atoms with E-state index >= 15 is 0 Å². The molecule has 0 aromatic heterocycles. The van der Waals surface area contributed by atoms with Crippen LogP contribution in [0.1, 0.15) is 12.0 Å². The lowest BCUT2D eigenvalue weighted by atomic mass is 10.2. The summed E-state index contributed by atoms with van der Waals surface area (Å²) < 4.78 is 26.5. The minimum Gasteiger partial charge on any atom is -0.356 e. The Morgan fingerprint density at radius 3 is 2.62 bits per heavy atom. The first-order valence-electron chi connectivity index (χ1n) is 6.52. The third-order valence-electron chi connectivity index (χ3n) is 2.81. The van der Waals surface area contributed by atoms with Crippen LogP contribution in [0.4, 0.5) is 8.78 Å². The number of guanidine groups is 1. The van der Waals surface area contributed by atoms with Crippen LogP contribution in [0.2, 0.25) is 0 Å². The van der Waals surface area contributed by atoms with Gasteiger partial charge in [-0.2, -0.15) is 0 Å². The van der Waals surface area contributed by atoms with E-state index in [-0.39, 0.29) is 18.0 Å². The minimum absolute atomic E-state index is 0.00544. The molecule has 21 heavy (non-hydrogen) atoms. The van der Waals surface area contributed by atoms with Gasteiger partial charge in [-0.1, -0.05) is 0 Å². The number of halogens is 2. The summed E-state index contributed by atoms with van der Waals surface area (Å²) in [7, 11) is 4.93. The van der Waals surface area contributed by atoms with Crippen LogP contribution < -0.4 is 10.6 Å². The molecular weight excluding hydrogens is 278 g/mol. The van der Waals surface area contributed by atoms with E-state index < -0.39 is 11.6 Å². The van der Waals surface area contributed by atoms with E-state index in [1.165, 1.54) is 4.90 Å². The zero-order chi connectivity index (χ0) is 15.8. The van der Waals surface area contributed by atoms with E-state index in [0.717, 1.165) is 18.2 Å². The zero-order valence-electron chi connectivity index (χ0n) is 12.4. The van der Waals surface area contributed by atoms with Gasteiger partial charge in [-0.3, -0.25) is 9.79 Å². The minimum atomic E-state index is -0.493. The maximum atomic E-state index is 13.5. The molecule has 1 aromatic carbocycles. The maximum absolute atomic E-state index is 13.5. The van der Waals surface area contributed by atoms with E-state index in [2.05, 4.69) is 15.6 Å². The van der Waals surface area contributed by atoms with Crippen molar-refractivity contribution in [1.29, 1.82) is 0 Å². The summed E-state index contributed by atoms with van der Waals surface area (Å²) in [5.41, 5.74) is 0.210. The van der Waals surface area contributed by atoms with Crippen molar-refractivity contribution in [3.63, 3.8) is 0 Å². The first-order chi connectivity index (χ1) is 9.93. The van der Waals surface area contributed by atoms with Gasteiger partial charge in [-0.25, -0.2) is 8.78 Å². The number of amides is 1. The maximum Gasteiger partial charge on any atom is 0.223 e. The van der Waals surface area contributed by atoms with E-state index in [9.17, 15) is 13.6 Å². The number of hydrogen-bond acceptors (Lipinski definition) is 2. The fraction of sp³-hybridized carbons (Fsp3) is 0.429. The highest BCUT2D eigenvalue weighted by Gasteiger charge is 2.06. The topological polar surface area (TPSA) is 56.7 Å². The molecule has 0 saturated carbocycles. The molecule has 5 nitrogen and oxygen atoms in total. The second-order valence-corrected chi connectivity index (χ2v) is 4.63. The van der Waals surface area contributed by atoms with Gasteiger partial charge in [0.1, 0.15) is 11.6 Å². The fourth-order valence-electron chi connectivity index (χ4n) is 1.59. The number of nitrogens with one attached hydrogen (secondary N) is 2. The van der Waals surface area contributed by atoms with Crippen molar-refractivity contribution in [3.05, 3.63) is 35.4 Å². The molecule has 1 aromatic rings. The highest BCUT2D eigenvalue weighted by molar-refractivity contribution is 5.81. The first-order valence-corrected chi connectivity index (χ1v) is 6.52. The predicted molar refractivity (Wildman–Crippen MR) is 77.9 cm³/mol. The van der Waals surface area contributed by atoms with Crippen LogP contribution in [0.25, 0.3) is 0 Å². The standard InChI is InChI=1S/C14H20F2N4O/c1-17-14(18-7-6-13(21)20(2)3)19-9-10-8-11(15)4-5-12(10)16/h4-5,8H,6-7,9H2,1-3H3,(H2,17,18,19). The van der Waals surface area contributed by atoms with E-state index in [1.54, 1.807) is 21.1 Å². The van der Waals surface area contributed by atoms with Crippen molar-refractivity contribution >= 4 is 11.9 Å². The van der Waals surface area contributed by atoms with Crippen LogP contribution in [0.3, 0.4) is 0 Å². The molecule has 1 amide bonds. The molecule has 0 heterocycles. The zero-order valence-corrected chi connectivity index (χ0v) is 12.4. The summed E-state index contributed by atoms with van der Waals surface area (Å²) in [5, 5.41) is 5.80. The molecule has 0 aliphatic carbocycles. The van der Waals surface area contributed by atoms with Gasteiger partial charge in [0.25, 0.3) is 0 Å². The molecule has 0 bridgehead atoms. The SMILES string of the molecule is CN=C(NCCC(=O)N(C)C)NCc1cc(F)ccc1F. The Hall–Kier alpha value is -2.18. The largest absolute Gasteiger partial charge is 0.356 e. The van der Waals surface area contributed by atoms with E-state index in [0.29, 0.717) is 18.9 Å². The smallest absolute Gasteiger partial charge is 0.223 e. The Bertz CT molecular complexity index is 518. The molecule has 0 aliphatic rings. The Morgan fingerprint density at radius 2 is 2.00 bits per heavy atom. The molecule has 0 fully saturated rings. The predicted octanol–water partition coefficient (Wildman–Crippen LogP) is 1.11. The summed E-state index contributed by atoms with van der Waals surface area (Å²) in [6, 6.07) is 3.28. The van der Waals surface area contributed by atoms with Crippen molar-refractivity contribution in [2.24, 2.45) is 4.99 Å². The van der Waals surface area contributed by atoms with Crippen molar-refractivity contribution < 1.29 is 13.6 Å². The Morgan fingerprint density at radius 1 is 1.29 bits per heavy atom. The van der Waals surface area contributed by atoms with Gasteiger partial charge < -0.3 is 15.5 Å². The van der Waals surface area contributed by atoms with E-state index in [4.69, 9.17) is 0 Å². The summed E-state index contributed by atoms with van der Waals surface area (Å²) in [6.07, 6.45) is 0.321. The molecule has 0 unspecified atom stereocenters. The van der Waals surface area contributed by atoms with Crippen molar-refractivity contribution in [3.8, 4) is 0 Å². The van der Waals surface area contributed by atoms with Gasteiger partial charge in [0.15, 0.2) is 5.96 Å². The number of nitrogens with zero attached hydrogens (tertiary/aromatic N) is 2. The summed E-state index contributed by atoms with van der Waals surface area (Å²) >= 11 is 0. The van der Waals surface area contributed by atoms with Gasteiger partial charge in [0.05, 0.1) is 0 Å². The molecule has 0 spiro atoms. The first kappa shape index (κ1) is 16.9. The third kappa shape index (κ3) is 5.76. The van der Waals surface area contributed by atoms with Crippen LogP contribution in [0, 0.1) is 11.6 Å². The second-order valence-electron chi connectivity index (χ2n) is 4.63. The molecule has 1 rings (SSSR count). The molecule has 7 heteroatoms. The number of hydrogen-bond donors (Lipinski definition) is 2. The Balaban J connectivity index is 2.45. The van der Waals surface area contributed by atoms with Crippen LogP contribution >= 0.6 is 0 Å². The third-order valence-corrected chi connectivity index (χ3v) is 2.81.